The third-order valence-electron chi connectivity index (χ3n) is 2.08. The van der Waals surface area contributed by atoms with E-state index in [2.05, 4.69) is 4.72 Å². The van der Waals surface area contributed by atoms with Crippen LogP contribution in [0.5, 0.6) is 5.75 Å². The number of aromatic hydroxyl groups is 1. The minimum absolute atomic E-state index is 0.120. The van der Waals surface area contributed by atoms with E-state index in [1.807, 2.05) is 13.0 Å². The highest BCUT2D eigenvalue weighted by molar-refractivity contribution is 7.88. The second-order valence-electron chi connectivity index (χ2n) is 3.41. The highest BCUT2D eigenvalue weighted by atomic mass is 32.2. The maximum absolute atomic E-state index is 10.8. The van der Waals surface area contributed by atoms with E-state index in [-0.39, 0.29) is 12.3 Å². The molecule has 0 aliphatic carbocycles. The Morgan fingerprint density at radius 3 is 2.53 bits per heavy atom. The first-order chi connectivity index (χ1) is 6.92. The van der Waals surface area contributed by atoms with Gasteiger partial charge in [-0.05, 0) is 18.1 Å². The van der Waals surface area contributed by atoms with E-state index in [4.69, 9.17) is 0 Å². The average molecular weight is 229 g/mol. The first-order valence-corrected chi connectivity index (χ1v) is 6.57. The molecule has 0 unspecified atom stereocenters. The summed E-state index contributed by atoms with van der Waals surface area (Å²) in [4.78, 5) is 0. The Morgan fingerprint density at radius 1 is 1.40 bits per heavy atom. The molecule has 0 aromatic heterocycles. The Labute approximate surface area is 90.0 Å². The van der Waals surface area contributed by atoms with Crippen LogP contribution in [0.2, 0.25) is 0 Å². The Balaban J connectivity index is 2.79. The second-order valence-corrected chi connectivity index (χ2v) is 5.24. The topological polar surface area (TPSA) is 66.4 Å². The standard InChI is InChI=1S/C10H15NO3S/c1-3-8-4-5-9(10(12)6-8)7-11-15(2,13)14/h4-6,11-12H,3,7H2,1-2H3. The van der Waals surface area contributed by atoms with Gasteiger partial charge in [0.15, 0.2) is 0 Å². The summed E-state index contributed by atoms with van der Waals surface area (Å²) in [6.45, 7) is 2.11. The van der Waals surface area contributed by atoms with Crippen LogP contribution in [0, 0.1) is 0 Å². The van der Waals surface area contributed by atoms with E-state index in [1.165, 1.54) is 0 Å². The zero-order valence-corrected chi connectivity index (χ0v) is 9.63. The first-order valence-electron chi connectivity index (χ1n) is 4.68. The van der Waals surface area contributed by atoms with Crippen LogP contribution in [0.1, 0.15) is 18.1 Å². The SMILES string of the molecule is CCc1ccc(CNS(C)(=O)=O)c(O)c1. The van der Waals surface area contributed by atoms with Crippen LogP contribution in [0.25, 0.3) is 0 Å². The molecule has 0 aliphatic rings. The fraction of sp³-hybridized carbons (Fsp3) is 0.400. The molecule has 0 spiro atoms. The third-order valence-corrected chi connectivity index (χ3v) is 2.75. The van der Waals surface area contributed by atoms with E-state index >= 15 is 0 Å². The van der Waals surface area contributed by atoms with Crippen molar-refractivity contribution in [2.45, 2.75) is 19.9 Å². The van der Waals surface area contributed by atoms with Gasteiger partial charge in [0.1, 0.15) is 5.75 Å². The van der Waals surface area contributed by atoms with Crippen molar-refractivity contribution in [1.29, 1.82) is 0 Å². The molecule has 4 nitrogen and oxygen atoms in total. The van der Waals surface area contributed by atoms with E-state index in [9.17, 15) is 13.5 Å². The van der Waals surface area contributed by atoms with Crippen LogP contribution in [-0.2, 0) is 23.0 Å². The molecule has 1 rings (SSSR count). The number of sulfonamides is 1. The molecule has 0 saturated heterocycles. The van der Waals surface area contributed by atoms with E-state index < -0.39 is 10.0 Å². The van der Waals surface area contributed by atoms with Crippen LogP contribution < -0.4 is 4.72 Å². The number of hydrogen-bond acceptors (Lipinski definition) is 3. The largest absolute Gasteiger partial charge is 0.508 e. The van der Waals surface area contributed by atoms with Crippen molar-refractivity contribution in [3.63, 3.8) is 0 Å². The lowest BCUT2D eigenvalue weighted by molar-refractivity contribution is 0.466. The minimum Gasteiger partial charge on any atom is -0.508 e. The fourth-order valence-electron chi connectivity index (χ4n) is 1.19. The summed E-state index contributed by atoms with van der Waals surface area (Å²) in [5, 5.41) is 9.58. The molecule has 0 fully saturated rings. The molecule has 0 saturated carbocycles. The van der Waals surface area contributed by atoms with Gasteiger partial charge in [-0.2, -0.15) is 0 Å². The molecule has 84 valence electrons. The lowest BCUT2D eigenvalue weighted by atomic mass is 10.1. The van der Waals surface area contributed by atoms with Gasteiger partial charge in [0, 0.05) is 12.1 Å². The van der Waals surface area contributed by atoms with Crippen molar-refractivity contribution in [2.75, 3.05) is 6.26 Å². The summed E-state index contributed by atoms with van der Waals surface area (Å²) in [5.41, 5.74) is 1.60. The number of benzene rings is 1. The van der Waals surface area contributed by atoms with Crippen molar-refractivity contribution >= 4 is 10.0 Å². The summed E-state index contributed by atoms with van der Waals surface area (Å²) < 4.78 is 24.0. The number of aryl methyl sites for hydroxylation is 1. The molecule has 1 aromatic rings. The molecule has 0 aliphatic heterocycles. The van der Waals surface area contributed by atoms with Gasteiger partial charge < -0.3 is 5.11 Å². The molecule has 5 heteroatoms. The summed E-state index contributed by atoms with van der Waals surface area (Å²) in [6, 6.07) is 5.25. The Kier molecular flexibility index (Phi) is 3.71. The zero-order chi connectivity index (χ0) is 11.5. The fourth-order valence-corrected chi connectivity index (χ4v) is 1.61. The molecule has 0 amide bonds. The van der Waals surface area contributed by atoms with Crippen LogP contribution >= 0.6 is 0 Å². The van der Waals surface area contributed by atoms with Gasteiger partial charge >= 0.3 is 0 Å². The maximum Gasteiger partial charge on any atom is 0.209 e. The predicted molar refractivity (Wildman–Crippen MR) is 59.2 cm³/mol. The molecule has 2 N–H and O–H groups in total. The minimum atomic E-state index is -3.22. The van der Waals surface area contributed by atoms with E-state index in [1.54, 1.807) is 12.1 Å². The van der Waals surface area contributed by atoms with Crippen molar-refractivity contribution in [1.82, 2.24) is 4.72 Å². The molecular formula is C10H15NO3S. The van der Waals surface area contributed by atoms with Gasteiger partial charge in [0.2, 0.25) is 10.0 Å². The Hall–Kier alpha value is -1.07. The molecule has 0 heterocycles. The van der Waals surface area contributed by atoms with Crippen LogP contribution in [0.3, 0.4) is 0 Å². The number of phenols is 1. The predicted octanol–water partition coefficient (Wildman–Crippen LogP) is 1.00. The van der Waals surface area contributed by atoms with Crippen molar-refractivity contribution in [3.05, 3.63) is 29.3 Å². The number of hydrogen-bond donors (Lipinski definition) is 2. The van der Waals surface area contributed by atoms with Crippen LogP contribution in [0.4, 0.5) is 0 Å². The maximum atomic E-state index is 10.8. The van der Waals surface area contributed by atoms with Gasteiger partial charge in [-0.3, -0.25) is 0 Å². The average Bonchev–Trinajstić information content (AvgIpc) is 2.14. The highest BCUT2D eigenvalue weighted by Crippen LogP contribution is 2.18. The summed E-state index contributed by atoms with van der Waals surface area (Å²) >= 11 is 0. The third kappa shape index (κ3) is 3.89. The molecule has 0 atom stereocenters. The summed E-state index contributed by atoms with van der Waals surface area (Å²) in [7, 11) is -3.22. The van der Waals surface area contributed by atoms with Gasteiger partial charge in [0.05, 0.1) is 6.26 Å². The number of nitrogens with one attached hydrogen (secondary N) is 1. The smallest absolute Gasteiger partial charge is 0.209 e. The van der Waals surface area contributed by atoms with Crippen molar-refractivity contribution < 1.29 is 13.5 Å². The van der Waals surface area contributed by atoms with Gasteiger partial charge in [-0.25, -0.2) is 13.1 Å². The quantitative estimate of drug-likeness (QED) is 0.809. The Bertz CT molecular complexity index is 440. The van der Waals surface area contributed by atoms with Gasteiger partial charge in [-0.1, -0.05) is 19.1 Å². The summed E-state index contributed by atoms with van der Waals surface area (Å²) in [5.74, 6) is 0.130. The second kappa shape index (κ2) is 4.63. The monoisotopic (exact) mass is 229 g/mol. The lowest BCUT2D eigenvalue weighted by Gasteiger charge is -2.06. The molecule has 0 bridgehead atoms. The normalized spacial score (nSPS) is 11.6. The van der Waals surface area contributed by atoms with E-state index in [0.717, 1.165) is 18.2 Å². The lowest BCUT2D eigenvalue weighted by Crippen LogP contribution is -2.21. The molecule has 15 heavy (non-hydrogen) atoms. The zero-order valence-electron chi connectivity index (χ0n) is 8.82. The van der Waals surface area contributed by atoms with E-state index in [0.29, 0.717) is 5.56 Å². The van der Waals surface area contributed by atoms with Crippen molar-refractivity contribution in [2.24, 2.45) is 0 Å². The first kappa shape index (κ1) is 12.0. The Morgan fingerprint density at radius 2 is 2.07 bits per heavy atom. The number of rotatable bonds is 4. The summed E-state index contributed by atoms with van der Waals surface area (Å²) in [6.07, 6.45) is 1.93. The molecular weight excluding hydrogens is 214 g/mol. The molecule has 0 radical (unpaired) electrons. The van der Waals surface area contributed by atoms with Gasteiger partial charge in [-0.15, -0.1) is 0 Å². The van der Waals surface area contributed by atoms with Crippen LogP contribution in [0.15, 0.2) is 18.2 Å². The van der Waals surface area contributed by atoms with Crippen molar-refractivity contribution in [3.8, 4) is 5.75 Å². The van der Waals surface area contributed by atoms with Gasteiger partial charge in [0.25, 0.3) is 0 Å². The highest BCUT2D eigenvalue weighted by Gasteiger charge is 2.05. The molecule has 1 aromatic carbocycles. The number of phenolic OH excluding ortho intramolecular Hbond substituents is 1. The van der Waals surface area contributed by atoms with Crippen LogP contribution in [-0.4, -0.2) is 19.8 Å².